The van der Waals surface area contributed by atoms with Gasteiger partial charge in [0.1, 0.15) is 12.1 Å². The summed E-state index contributed by atoms with van der Waals surface area (Å²) in [5.41, 5.74) is 0. The first-order chi connectivity index (χ1) is 20.2. The second kappa shape index (κ2) is 11.6. The van der Waals surface area contributed by atoms with Gasteiger partial charge in [0, 0.05) is 34.1 Å². The molecule has 222 valence electrons. The van der Waals surface area contributed by atoms with Gasteiger partial charge in [0.2, 0.25) is 5.91 Å². The summed E-state index contributed by atoms with van der Waals surface area (Å²) in [5, 5.41) is 17.1. The summed E-state index contributed by atoms with van der Waals surface area (Å²) in [5.74, 6) is -0.199. The number of rotatable bonds is 7. The SMILES string of the molecule is O=C(NC(CC1CCCCC1)C(=O)N1CCC2C1C(=O)CN2S(=O)(=O)c1cccc[n+]1[O-])Oc1csc2ccccc12. The van der Waals surface area contributed by atoms with E-state index in [4.69, 9.17) is 4.74 Å². The van der Waals surface area contributed by atoms with Crippen molar-refractivity contribution in [3.63, 3.8) is 0 Å². The molecule has 3 atom stereocenters. The Hall–Kier alpha value is -3.55. The summed E-state index contributed by atoms with van der Waals surface area (Å²) < 4.78 is 34.7. The molecule has 0 radical (unpaired) electrons. The molecule has 2 saturated heterocycles. The fourth-order valence-electron chi connectivity index (χ4n) is 6.56. The van der Waals surface area contributed by atoms with Gasteiger partial charge in [0.15, 0.2) is 17.7 Å². The Balaban J connectivity index is 1.21. The first-order valence-corrected chi connectivity index (χ1v) is 16.5. The number of aromatic nitrogens is 1. The van der Waals surface area contributed by atoms with Crippen LogP contribution in [0.4, 0.5) is 4.79 Å². The molecule has 4 heterocycles. The second-order valence-electron chi connectivity index (χ2n) is 11.1. The van der Waals surface area contributed by atoms with Crippen LogP contribution >= 0.6 is 11.3 Å². The molecule has 0 bridgehead atoms. The van der Waals surface area contributed by atoms with Crippen LogP contribution in [-0.4, -0.2) is 66.6 Å². The molecule has 1 aromatic carbocycles. The summed E-state index contributed by atoms with van der Waals surface area (Å²) in [6.07, 6.45) is 6.11. The van der Waals surface area contributed by atoms with Crippen LogP contribution in [0.1, 0.15) is 44.9 Å². The van der Waals surface area contributed by atoms with E-state index in [0.717, 1.165) is 52.7 Å². The Morgan fingerprint density at radius 2 is 1.86 bits per heavy atom. The minimum Gasteiger partial charge on any atom is -0.618 e. The number of ketones is 1. The highest BCUT2D eigenvalue weighted by molar-refractivity contribution is 7.89. The fourth-order valence-corrected chi connectivity index (χ4v) is 9.07. The Labute approximate surface area is 247 Å². The van der Waals surface area contributed by atoms with E-state index in [1.54, 1.807) is 5.38 Å². The number of amides is 2. The number of fused-ring (bicyclic) bond motifs is 2. The molecule has 3 aromatic rings. The lowest BCUT2D eigenvalue weighted by Gasteiger charge is -2.31. The number of sulfonamides is 1. The minimum atomic E-state index is -4.28. The molecule has 2 aliphatic heterocycles. The van der Waals surface area contributed by atoms with Crippen molar-refractivity contribution in [2.24, 2.45) is 5.92 Å². The van der Waals surface area contributed by atoms with Crippen LogP contribution < -0.4 is 14.8 Å². The number of Topliss-reactive ketones (excluding diaryl/α,β-unsaturated/α-hetero) is 1. The van der Waals surface area contributed by atoms with Gasteiger partial charge in [-0.2, -0.15) is 9.04 Å². The standard InChI is InChI=1S/C29H32N4O7S2/c34-23-17-33(42(38,39)26-12-6-7-14-32(26)37)22-13-15-31(27(22)23)28(35)21(16-19-8-2-1-3-9-19)30-29(36)40-24-18-41-25-11-5-4-10-20(24)25/h4-7,10-12,14,18-19,21-22,27H,1-3,8-9,13,15-17H2,(H,30,36). The molecule has 13 heteroatoms. The van der Waals surface area contributed by atoms with Crippen LogP contribution in [0, 0.1) is 11.1 Å². The first kappa shape index (κ1) is 28.6. The molecule has 11 nitrogen and oxygen atoms in total. The van der Waals surface area contributed by atoms with Crippen LogP contribution in [0.25, 0.3) is 10.1 Å². The Morgan fingerprint density at radius 3 is 2.64 bits per heavy atom. The van der Waals surface area contributed by atoms with Crippen molar-refractivity contribution in [3.8, 4) is 5.75 Å². The third-order valence-electron chi connectivity index (χ3n) is 8.55. The molecule has 2 amide bonds. The van der Waals surface area contributed by atoms with Crippen LogP contribution in [0.2, 0.25) is 0 Å². The lowest BCUT2D eigenvalue weighted by molar-refractivity contribution is -0.646. The van der Waals surface area contributed by atoms with Crippen LogP contribution in [0.15, 0.2) is 59.1 Å². The van der Waals surface area contributed by atoms with Gasteiger partial charge in [-0.1, -0.05) is 44.2 Å². The van der Waals surface area contributed by atoms with Crippen molar-refractivity contribution in [2.75, 3.05) is 13.1 Å². The van der Waals surface area contributed by atoms with E-state index in [2.05, 4.69) is 5.32 Å². The number of pyridine rings is 1. The number of benzene rings is 1. The molecule has 3 fully saturated rings. The van der Waals surface area contributed by atoms with Gasteiger partial charge in [-0.3, -0.25) is 9.59 Å². The average molecular weight is 613 g/mol. The smallest absolute Gasteiger partial charge is 0.413 e. The maximum Gasteiger partial charge on any atom is 0.413 e. The molecule has 1 N–H and O–H groups in total. The second-order valence-corrected chi connectivity index (χ2v) is 13.9. The van der Waals surface area contributed by atoms with Crippen molar-refractivity contribution in [1.29, 1.82) is 0 Å². The third-order valence-corrected chi connectivity index (χ3v) is 11.4. The normalized spacial score (nSPS) is 22.3. The topological polar surface area (TPSA) is 140 Å². The number of carbonyl (C=O) groups is 3. The third kappa shape index (κ3) is 5.36. The minimum absolute atomic E-state index is 0.158. The fraction of sp³-hybridized carbons (Fsp3) is 0.448. The van der Waals surface area contributed by atoms with Crippen molar-refractivity contribution < 1.29 is 32.3 Å². The molecule has 1 aliphatic carbocycles. The number of likely N-dealkylation sites (tertiary alicyclic amines) is 1. The zero-order valence-electron chi connectivity index (χ0n) is 22.9. The summed E-state index contributed by atoms with van der Waals surface area (Å²) in [7, 11) is -4.28. The molecule has 1 saturated carbocycles. The first-order valence-electron chi connectivity index (χ1n) is 14.2. The van der Waals surface area contributed by atoms with Crippen LogP contribution in [0.5, 0.6) is 5.75 Å². The monoisotopic (exact) mass is 612 g/mol. The maximum absolute atomic E-state index is 14.0. The largest absolute Gasteiger partial charge is 0.618 e. The van der Waals surface area contributed by atoms with E-state index in [1.165, 1.54) is 34.4 Å². The van der Waals surface area contributed by atoms with Gasteiger partial charge < -0.3 is 20.2 Å². The molecular weight excluding hydrogens is 580 g/mol. The van der Waals surface area contributed by atoms with Crippen LogP contribution in [0.3, 0.4) is 0 Å². The number of hydrogen-bond donors (Lipinski definition) is 1. The number of hydrogen-bond acceptors (Lipinski definition) is 8. The summed E-state index contributed by atoms with van der Waals surface area (Å²) in [4.78, 5) is 41.8. The Bertz CT molecular complexity index is 1620. The highest BCUT2D eigenvalue weighted by atomic mass is 32.2. The molecule has 3 aliphatic rings. The number of ether oxygens (including phenoxy) is 1. The van der Waals surface area contributed by atoms with E-state index in [-0.39, 0.29) is 23.6 Å². The Morgan fingerprint density at radius 1 is 1.10 bits per heavy atom. The predicted octanol–water partition coefficient (Wildman–Crippen LogP) is 3.21. The summed E-state index contributed by atoms with van der Waals surface area (Å²) >= 11 is 1.45. The zero-order valence-corrected chi connectivity index (χ0v) is 24.5. The highest BCUT2D eigenvalue weighted by Crippen LogP contribution is 2.35. The molecule has 0 spiro atoms. The molecule has 42 heavy (non-hydrogen) atoms. The number of nitrogens with zero attached hydrogens (tertiary/aromatic N) is 3. The number of thiophene rings is 1. The summed E-state index contributed by atoms with van der Waals surface area (Å²) in [6, 6.07) is 8.92. The van der Waals surface area contributed by atoms with Crippen molar-refractivity contribution in [2.45, 2.75) is 68.1 Å². The van der Waals surface area contributed by atoms with E-state index in [0.29, 0.717) is 12.2 Å². The van der Waals surface area contributed by atoms with Gasteiger partial charge in [-0.15, -0.1) is 11.3 Å². The average Bonchev–Trinajstić information content (AvgIpc) is 3.69. The van der Waals surface area contributed by atoms with E-state index >= 15 is 0 Å². The van der Waals surface area contributed by atoms with Gasteiger partial charge in [0.25, 0.3) is 0 Å². The van der Waals surface area contributed by atoms with Gasteiger partial charge in [-0.25, -0.2) is 13.2 Å². The predicted molar refractivity (Wildman–Crippen MR) is 154 cm³/mol. The lowest BCUT2D eigenvalue weighted by Crippen LogP contribution is -2.53. The highest BCUT2D eigenvalue weighted by Gasteiger charge is 2.55. The van der Waals surface area contributed by atoms with E-state index in [9.17, 15) is 28.0 Å². The van der Waals surface area contributed by atoms with Crippen molar-refractivity contribution in [3.05, 3.63) is 59.2 Å². The maximum atomic E-state index is 14.0. The molecule has 6 rings (SSSR count). The van der Waals surface area contributed by atoms with E-state index in [1.807, 2.05) is 24.3 Å². The van der Waals surface area contributed by atoms with Gasteiger partial charge in [0.05, 0.1) is 12.6 Å². The molecule has 2 aromatic heterocycles. The summed E-state index contributed by atoms with van der Waals surface area (Å²) in [6.45, 7) is -0.268. The zero-order chi connectivity index (χ0) is 29.4. The van der Waals surface area contributed by atoms with E-state index < -0.39 is 57.5 Å². The molecular formula is C29H32N4O7S2. The quantitative estimate of drug-likeness (QED) is 0.319. The van der Waals surface area contributed by atoms with Crippen LogP contribution in [-0.2, 0) is 19.6 Å². The lowest BCUT2D eigenvalue weighted by atomic mass is 9.84. The van der Waals surface area contributed by atoms with Crippen molar-refractivity contribution in [1.82, 2.24) is 14.5 Å². The Kier molecular flexibility index (Phi) is 7.90. The number of nitrogens with one attached hydrogen (secondary N) is 1. The van der Waals surface area contributed by atoms with Gasteiger partial charge in [-0.05, 0) is 37.0 Å². The molecule has 3 unspecified atom stereocenters. The van der Waals surface area contributed by atoms with Crippen molar-refractivity contribution >= 4 is 49.2 Å². The number of carbonyl (C=O) groups excluding carboxylic acids is 3. The van der Waals surface area contributed by atoms with Gasteiger partial charge >= 0.3 is 21.1 Å².